The molecule has 3 amide bonds. The maximum absolute atomic E-state index is 12.3. The lowest BCUT2D eigenvalue weighted by Crippen LogP contribution is -2.31. The molecule has 0 aliphatic carbocycles. The molecule has 0 spiro atoms. The van der Waals surface area contributed by atoms with Crippen molar-refractivity contribution >= 4 is 23.3 Å². The number of non-ortho nitro benzene ring substituents is 1. The van der Waals surface area contributed by atoms with E-state index in [2.05, 4.69) is 0 Å². The van der Waals surface area contributed by atoms with E-state index in [1.807, 2.05) is 0 Å². The van der Waals surface area contributed by atoms with Gasteiger partial charge in [-0.05, 0) is 6.07 Å². The number of hydrogen-bond acceptors (Lipinski definition) is 5. The average molecular weight is 290 g/mol. The van der Waals surface area contributed by atoms with Crippen molar-refractivity contribution in [3.05, 3.63) is 46.3 Å². The fraction of sp³-hybridized carbons (Fsp3) is 0.231. The molecule has 2 rings (SSSR count). The third-order valence-corrected chi connectivity index (χ3v) is 2.94. The van der Waals surface area contributed by atoms with Crippen LogP contribution in [0.3, 0.4) is 0 Å². The number of rotatable bonds is 3. The first-order valence-electron chi connectivity index (χ1n) is 6.07. The molecule has 0 radical (unpaired) electrons. The van der Waals surface area contributed by atoms with Gasteiger partial charge in [-0.3, -0.25) is 19.8 Å². The molecule has 1 aliphatic heterocycles. The molecule has 0 atom stereocenters. The topological polar surface area (TPSA) is 87.0 Å². The summed E-state index contributed by atoms with van der Waals surface area (Å²) in [5.74, 6) is -0.517. The molecule has 1 aliphatic rings. The first-order valence-corrected chi connectivity index (χ1v) is 6.07. The third-order valence-electron chi connectivity index (χ3n) is 2.94. The van der Waals surface area contributed by atoms with Crippen LogP contribution in [0.2, 0.25) is 0 Å². The van der Waals surface area contributed by atoms with Crippen LogP contribution in [0.1, 0.15) is 0 Å². The Morgan fingerprint density at radius 3 is 2.52 bits per heavy atom. The van der Waals surface area contributed by atoms with Gasteiger partial charge in [0.1, 0.15) is 5.70 Å². The molecule has 0 bridgehead atoms. The lowest BCUT2D eigenvalue weighted by Gasteiger charge is -2.12. The molecule has 1 saturated heterocycles. The number of nitrogens with zero attached hydrogens (tertiary/aromatic N) is 4. The quantitative estimate of drug-likeness (QED) is 0.363. The van der Waals surface area contributed by atoms with Gasteiger partial charge in [-0.25, -0.2) is 9.69 Å². The zero-order valence-corrected chi connectivity index (χ0v) is 11.8. The standard InChI is InChI=1S/C13H14N4O4/c1-14(2)8-11-12(18)16(13(19)15(11)3)9-5-4-6-10(7-9)17(20)21/h4-8H,1-3H3. The van der Waals surface area contributed by atoms with E-state index < -0.39 is 16.9 Å². The van der Waals surface area contributed by atoms with Crippen LogP contribution in [-0.4, -0.2) is 47.8 Å². The van der Waals surface area contributed by atoms with E-state index in [9.17, 15) is 19.7 Å². The second-order valence-corrected chi connectivity index (χ2v) is 4.74. The fourth-order valence-electron chi connectivity index (χ4n) is 1.96. The van der Waals surface area contributed by atoms with Gasteiger partial charge >= 0.3 is 6.03 Å². The predicted molar refractivity (Wildman–Crippen MR) is 75.5 cm³/mol. The van der Waals surface area contributed by atoms with Crippen LogP contribution in [0.5, 0.6) is 0 Å². The monoisotopic (exact) mass is 290 g/mol. The van der Waals surface area contributed by atoms with Gasteiger partial charge in [0.05, 0.1) is 10.6 Å². The SMILES string of the molecule is CN(C)C=C1C(=O)N(c2cccc([N+](=O)[O-])c2)C(=O)N1C. The van der Waals surface area contributed by atoms with E-state index in [1.54, 1.807) is 19.0 Å². The largest absolute Gasteiger partial charge is 0.382 e. The van der Waals surface area contributed by atoms with Crippen molar-refractivity contribution in [2.24, 2.45) is 0 Å². The number of nitro benzene ring substituents is 1. The molecule has 1 aromatic carbocycles. The number of carbonyl (C=O) groups excluding carboxylic acids is 2. The number of nitro groups is 1. The van der Waals surface area contributed by atoms with Crippen molar-refractivity contribution in [1.29, 1.82) is 0 Å². The number of imide groups is 1. The van der Waals surface area contributed by atoms with E-state index >= 15 is 0 Å². The molecule has 21 heavy (non-hydrogen) atoms. The van der Waals surface area contributed by atoms with Gasteiger partial charge in [-0.1, -0.05) is 6.07 Å². The molecule has 110 valence electrons. The molecule has 0 unspecified atom stereocenters. The normalized spacial score (nSPS) is 16.8. The zero-order chi connectivity index (χ0) is 15.7. The molecule has 8 heteroatoms. The molecule has 1 heterocycles. The number of benzene rings is 1. The third kappa shape index (κ3) is 2.55. The van der Waals surface area contributed by atoms with Gasteiger partial charge < -0.3 is 4.90 Å². The summed E-state index contributed by atoms with van der Waals surface area (Å²) in [6, 6.07) is 4.86. The van der Waals surface area contributed by atoms with Crippen molar-refractivity contribution in [1.82, 2.24) is 9.80 Å². The van der Waals surface area contributed by atoms with Crippen molar-refractivity contribution in [2.45, 2.75) is 0 Å². The Labute approximate surface area is 121 Å². The lowest BCUT2D eigenvalue weighted by molar-refractivity contribution is -0.384. The number of amides is 3. The van der Waals surface area contributed by atoms with E-state index in [0.29, 0.717) is 0 Å². The maximum Gasteiger partial charge on any atom is 0.336 e. The predicted octanol–water partition coefficient (Wildman–Crippen LogP) is 1.40. The van der Waals surface area contributed by atoms with Crippen molar-refractivity contribution in [3.8, 4) is 0 Å². The zero-order valence-electron chi connectivity index (χ0n) is 11.8. The van der Waals surface area contributed by atoms with Crippen LogP contribution in [0.15, 0.2) is 36.2 Å². The summed E-state index contributed by atoms with van der Waals surface area (Å²) < 4.78 is 0. The van der Waals surface area contributed by atoms with E-state index in [-0.39, 0.29) is 17.1 Å². The second-order valence-electron chi connectivity index (χ2n) is 4.74. The summed E-state index contributed by atoms with van der Waals surface area (Å²) in [6.07, 6.45) is 1.53. The highest BCUT2D eigenvalue weighted by Crippen LogP contribution is 2.28. The molecule has 1 fully saturated rings. The van der Waals surface area contributed by atoms with E-state index in [1.165, 1.54) is 42.4 Å². The van der Waals surface area contributed by atoms with Gasteiger partial charge in [0.2, 0.25) is 0 Å². The maximum atomic E-state index is 12.3. The number of urea groups is 1. The Bertz CT molecular complexity index is 653. The summed E-state index contributed by atoms with van der Waals surface area (Å²) >= 11 is 0. The van der Waals surface area contributed by atoms with E-state index in [4.69, 9.17) is 0 Å². The molecule has 0 saturated carbocycles. The Balaban J connectivity index is 2.45. The summed E-state index contributed by atoms with van der Waals surface area (Å²) in [5.41, 5.74) is 0.200. The minimum atomic E-state index is -0.575. The van der Waals surface area contributed by atoms with Crippen LogP contribution in [0.4, 0.5) is 16.2 Å². The first-order chi connectivity index (χ1) is 9.82. The lowest BCUT2D eigenvalue weighted by atomic mass is 10.2. The van der Waals surface area contributed by atoms with Crippen LogP contribution in [0.25, 0.3) is 0 Å². The highest BCUT2D eigenvalue weighted by molar-refractivity contribution is 6.26. The van der Waals surface area contributed by atoms with Crippen molar-refractivity contribution < 1.29 is 14.5 Å². The van der Waals surface area contributed by atoms with Gasteiger partial charge in [-0.2, -0.15) is 0 Å². The van der Waals surface area contributed by atoms with Crippen LogP contribution in [0, 0.1) is 10.1 Å². The number of carbonyl (C=O) groups is 2. The molecule has 0 N–H and O–H groups in total. The summed E-state index contributed by atoms with van der Waals surface area (Å²) in [6.45, 7) is 0. The second kappa shape index (κ2) is 5.23. The molecular weight excluding hydrogens is 276 g/mol. The minimum absolute atomic E-state index is 0.174. The molecular formula is C13H14N4O4. The van der Waals surface area contributed by atoms with Crippen LogP contribution < -0.4 is 4.90 Å². The minimum Gasteiger partial charge on any atom is -0.382 e. The Kier molecular flexibility index (Phi) is 3.62. The summed E-state index contributed by atoms with van der Waals surface area (Å²) in [4.78, 5) is 38.5. The average Bonchev–Trinajstić information content (AvgIpc) is 2.62. The van der Waals surface area contributed by atoms with Gasteiger partial charge in [-0.15, -0.1) is 0 Å². The highest BCUT2D eigenvalue weighted by Gasteiger charge is 2.40. The van der Waals surface area contributed by atoms with Crippen molar-refractivity contribution in [3.63, 3.8) is 0 Å². The number of hydrogen-bond donors (Lipinski definition) is 0. The Morgan fingerprint density at radius 2 is 1.95 bits per heavy atom. The highest BCUT2D eigenvalue weighted by atomic mass is 16.6. The first kappa shape index (κ1) is 14.5. The number of anilines is 1. The number of likely N-dealkylation sites (N-methyl/N-ethyl adjacent to an activating group) is 1. The Morgan fingerprint density at radius 1 is 1.29 bits per heavy atom. The molecule has 1 aromatic rings. The van der Waals surface area contributed by atoms with Gasteiger partial charge in [0.15, 0.2) is 0 Å². The van der Waals surface area contributed by atoms with Gasteiger partial charge in [0, 0.05) is 39.5 Å². The molecule has 8 nitrogen and oxygen atoms in total. The fourth-order valence-corrected chi connectivity index (χ4v) is 1.96. The smallest absolute Gasteiger partial charge is 0.336 e. The van der Waals surface area contributed by atoms with E-state index in [0.717, 1.165) is 4.90 Å². The summed E-state index contributed by atoms with van der Waals surface area (Å²) in [5, 5.41) is 10.8. The summed E-state index contributed by atoms with van der Waals surface area (Å²) in [7, 11) is 4.94. The molecule has 0 aromatic heterocycles. The Hall–Kier alpha value is -2.90. The van der Waals surface area contributed by atoms with Crippen LogP contribution in [-0.2, 0) is 4.79 Å². The van der Waals surface area contributed by atoms with Gasteiger partial charge in [0.25, 0.3) is 11.6 Å². The van der Waals surface area contributed by atoms with Crippen LogP contribution >= 0.6 is 0 Å². The van der Waals surface area contributed by atoms with Crippen molar-refractivity contribution in [2.75, 3.05) is 26.0 Å².